The van der Waals surface area contributed by atoms with Gasteiger partial charge < -0.3 is 29.3 Å². The Hall–Kier alpha value is -4.45. The predicted octanol–water partition coefficient (Wildman–Crippen LogP) is 4.59. The molecule has 1 unspecified atom stereocenters. The number of piperidine rings is 1. The molecule has 252 valence electrons. The molecule has 0 bridgehead atoms. The van der Waals surface area contributed by atoms with E-state index in [0.717, 1.165) is 5.69 Å². The van der Waals surface area contributed by atoms with Crippen LogP contribution in [0.3, 0.4) is 0 Å². The molecule has 3 aromatic rings. The number of amides is 3. The second-order valence-electron chi connectivity index (χ2n) is 13.8. The Labute approximate surface area is 276 Å². The monoisotopic (exact) mass is 646 g/mol. The van der Waals surface area contributed by atoms with Crippen molar-refractivity contribution in [2.75, 3.05) is 39.4 Å². The lowest BCUT2D eigenvalue weighted by atomic mass is 9.74. The third-order valence-corrected chi connectivity index (χ3v) is 8.76. The molecule has 3 heterocycles. The Morgan fingerprint density at radius 2 is 1.66 bits per heavy atom. The van der Waals surface area contributed by atoms with E-state index in [-0.39, 0.29) is 36.6 Å². The van der Waals surface area contributed by atoms with Crippen molar-refractivity contribution in [3.8, 4) is 11.4 Å². The first-order valence-electron chi connectivity index (χ1n) is 16.3. The van der Waals surface area contributed by atoms with E-state index in [1.54, 1.807) is 14.5 Å². The number of carbonyl (C=O) groups excluding carboxylic acids is 2. The summed E-state index contributed by atoms with van der Waals surface area (Å²) in [6.07, 6.45) is -0.790. The van der Waals surface area contributed by atoms with Gasteiger partial charge in [-0.2, -0.15) is 0 Å². The Balaban J connectivity index is 1.57. The van der Waals surface area contributed by atoms with Crippen LogP contribution in [0.25, 0.3) is 5.69 Å². The highest BCUT2D eigenvalue weighted by molar-refractivity contribution is 5.94. The van der Waals surface area contributed by atoms with Crippen LogP contribution in [0, 0.1) is 17.3 Å². The highest BCUT2D eigenvalue weighted by atomic mass is 16.5. The molecule has 2 aliphatic heterocycles. The zero-order valence-corrected chi connectivity index (χ0v) is 27.9. The SMILES string of the molecule is CC(C)CN(C(=O)c1nnn(-c2ccccc2)c1COc1ccccc1)[C@H]1C[C@@H](C(=O)N2CCOCC2)CN(C(=O)O)C1C(C)(C)C. The molecule has 3 amide bonds. The van der Waals surface area contributed by atoms with Crippen molar-refractivity contribution >= 4 is 17.9 Å². The van der Waals surface area contributed by atoms with Gasteiger partial charge in [0, 0.05) is 26.2 Å². The molecule has 5 rings (SSSR count). The quantitative estimate of drug-likeness (QED) is 0.358. The number of nitrogens with zero attached hydrogens (tertiary/aromatic N) is 6. The molecule has 12 nitrogen and oxygen atoms in total. The van der Waals surface area contributed by atoms with Crippen LogP contribution in [0.2, 0.25) is 0 Å². The third kappa shape index (κ3) is 7.75. The Kier molecular flexibility index (Phi) is 10.5. The van der Waals surface area contributed by atoms with Crippen LogP contribution in [0.1, 0.15) is 57.2 Å². The number of para-hydroxylation sites is 2. The second-order valence-corrected chi connectivity index (χ2v) is 13.8. The minimum atomic E-state index is -1.11. The first-order valence-corrected chi connectivity index (χ1v) is 16.3. The van der Waals surface area contributed by atoms with Crippen LogP contribution in [-0.4, -0.2) is 104 Å². The molecule has 0 saturated carbocycles. The van der Waals surface area contributed by atoms with E-state index in [4.69, 9.17) is 9.47 Å². The summed E-state index contributed by atoms with van der Waals surface area (Å²) in [5.41, 5.74) is 0.769. The number of carbonyl (C=O) groups is 3. The molecule has 47 heavy (non-hydrogen) atoms. The molecule has 0 radical (unpaired) electrons. The molecular weight excluding hydrogens is 600 g/mol. The molecule has 0 aliphatic carbocycles. The van der Waals surface area contributed by atoms with E-state index in [9.17, 15) is 19.5 Å². The van der Waals surface area contributed by atoms with Gasteiger partial charge in [-0.3, -0.25) is 9.59 Å². The van der Waals surface area contributed by atoms with Gasteiger partial charge in [0.25, 0.3) is 5.91 Å². The van der Waals surface area contributed by atoms with Gasteiger partial charge in [-0.1, -0.05) is 76.2 Å². The fraction of sp³-hybridized carbons (Fsp3) is 0.514. The number of hydrogen-bond donors (Lipinski definition) is 1. The first kappa shape index (κ1) is 33.9. The number of benzene rings is 2. The summed E-state index contributed by atoms with van der Waals surface area (Å²) in [6, 6.07) is 17.6. The van der Waals surface area contributed by atoms with E-state index >= 15 is 0 Å². The Morgan fingerprint density at radius 3 is 2.26 bits per heavy atom. The van der Waals surface area contributed by atoms with Crippen LogP contribution >= 0.6 is 0 Å². The average Bonchev–Trinajstić information content (AvgIpc) is 3.49. The summed E-state index contributed by atoms with van der Waals surface area (Å²) < 4.78 is 13.2. The maximum absolute atomic E-state index is 14.9. The lowest BCUT2D eigenvalue weighted by Gasteiger charge is -2.52. The summed E-state index contributed by atoms with van der Waals surface area (Å²) in [5.74, 6) is -0.428. The second kappa shape index (κ2) is 14.5. The van der Waals surface area contributed by atoms with E-state index in [0.29, 0.717) is 50.7 Å². The molecule has 2 saturated heterocycles. The summed E-state index contributed by atoms with van der Waals surface area (Å²) >= 11 is 0. The van der Waals surface area contributed by atoms with E-state index in [2.05, 4.69) is 10.3 Å². The zero-order chi connectivity index (χ0) is 33.7. The lowest BCUT2D eigenvalue weighted by molar-refractivity contribution is -0.144. The van der Waals surface area contributed by atoms with Crippen molar-refractivity contribution in [3.63, 3.8) is 0 Å². The minimum absolute atomic E-state index is 0.0231. The van der Waals surface area contributed by atoms with Crippen molar-refractivity contribution in [1.82, 2.24) is 29.7 Å². The van der Waals surface area contributed by atoms with Gasteiger partial charge in [-0.25, -0.2) is 9.48 Å². The zero-order valence-electron chi connectivity index (χ0n) is 27.9. The molecule has 2 aromatic carbocycles. The summed E-state index contributed by atoms with van der Waals surface area (Å²) in [4.78, 5) is 46.4. The number of aromatic nitrogens is 3. The lowest BCUT2D eigenvalue weighted by Crippen LogP contribution is -2.66. The van der Waals surface area contributed by atoms with Gasteiger partial charge in [0.15, 0.2) is 5.69 Å². The Bertz CT molecular complexity index is 1520. The molecule has 1 aromatic heterocycles. The standard InChI is InChI=1S/C35H46N6O6/c1-24(2)21-39(28-20-25(32(42)38-16-18-46-19-17-38)22-40(34(44)45)31(28)35(3,4)5)33(43)30-29(23-47-27-14-10-7-11-15-27)41(37-36-30)26-12-8-6-9-13-26/h6-15,24-25,28,31H,16-23H2,1-5H3,(H,44,45)/t25-,28+,31?/m1/s1. The van der Waals surface area contributed by atoms with Gasteiger partial charge in [0.2, 0.25) is 5.91 Å². The van der Waals surface area contributed by atoms with E-state index in [1.165, 1.54) is 4.90 Å². The van der Waals surface area contributed by atoms with Crippen molar-refractivity contribution < 1.29 is 29.0 Å². The van der Waals surface area contributed by atoms with Crippen molar-refractivity contribution in [2.45, 2.75) is 59.7 Å². The largest absolute Gasteiger partial charge is 0.487 e. The molecule has 2 aliphatic rings. The van der Waals surface area contributed by atoms with Crippen LogP contribution in [0.4, 0.5) is 4.79 Å². The average molecular weight is 647 g/mol. The predicted molar refractivity (Wildman–Crippen MR) is 175 cm³/mol. The smallest absolute Gasteiger partial charge is 0.407 e. The third-order valence-electron chi connectivity index (χ3n) is 8.76. The first-order chi connectivity index (χ1) is 22.5. The molecule has 3 atom stereocenters. The molecule has 1 N–H and O–H groups in total. The fourth-order valence-corrected chi connectivity index (χ4v) is 6.75. The number of rotatable bonds is 9. The maximum atomic E-state index is 14.9. The highest BCUT2D eigenvalue weighted by Gasteiger charge is 2.50. The molecule has 0 spiro atoms. The summed E-state index contributed by atoms with van der Waals surface area (Å²) in [7, 11) is 0. The van der Waals surface area contributed by atoms with Crippen molar-refractivity contribution in [3.05, 3.63) is 72.1 Å². The van der Waals surface area contributed by atoms with Gasteiger partial charge in [0.1, 0.15) is 18.1 Å². The van der Waals surface area contributed by atoms with Gasteiger partial charge in [-0.05, 0) is 42.0 Å². The van der Waals surface area contributed by atoms with Gasteiger partial charge >= 0.3 is 6.09 Å². The Morgan fingerprint density at radius 1 is 1.02 bits per heavy atom. The summed E-state index contributed by atoms with van der Waals surface area (Å²) in [6.45, 7) is 12.2. The number of carboxylic acid groups (broad SMARTS) is 1. The van der Waals surface area contributed by atoms with Gasteiger partial charge in [-0.15, -0.1) is 5.10 Å². The van der Waals surface area contributed by atoms with Crippen molar-refractivity contribution in [2.24, 2.45) is 17.3 Å². The topological polar surface area (TPSA) is 130 Å². The molecule has 2 fully saturated rings. The van der Waals surface area contributed by atoms with E-state index < -0.39 is 29.5 Å². The number of hydrogen-bond acceptors (Lipinski definition) is 7. The van der Waals surface area contributed by atoms with E-state index in [1.807, 2.05) is 95.3 Å². The normalized spacial score (nSPS) is 20.3. The highest BCUT2D eigenvalue weighted by Crippen LogP contribution is 2.38. The van der Waals surface area contributed by atoms with Crippen LogP contribution in [0.5, 0.6) is 5.75 Å². The van der Waals surface area contributed by atoms with Gasteiger partial charge in [0.05, 0.1) is 36.9 Å². The summed E-state index contributed by atoms with van der Waals surface area (Å²) in [5, 5.41) is 19.3. The fourth-order valence-electron chi connectivity index (χ4n) is 6.75. The molecular formula is C35H46N6O6. The minimum Gasteiger partial charge on any atom is -0.487 e. The number of ether oxygens (including phenoxy) is 2. The number of morpholine rings is 1. The van der Waals surface area contributed by atoms with Crippen LogP contribution in [0.15, 0.2) is 60.7 Å². The maximum Gasteiger partial charge on any atom is 0.407 e. The molecule has 12 heteroatoms. The number of likely N-dealkylation sites (tertiary alicyclic amines) is 1. The van der Waals surface area contributed by atoms with Crippen LogP contribution < -0.4 is 4.74 Å². The van der Waals surface area contributed by atoms with Crippen LogP contribution in [-0.2, 0) is 16.1 Å². The van der Waals surface area contributed by atoms with Crippen molar-refractivity contribution in [1.29, 1.82) is 0 Å².